The van der Waals surface area contributed by atoms with Crippen molar-refractivity contribution in [2.24, 2.45) is 11.5 Å². The number of rotatable bonds is 2. The SMILES string of the molecule is NC(=O)c1ccnc(N2CCCC(N)C2)c1. The minimum absolute atomic E-state index is 0.188. The van der Waals surface area contributed by atoms with Gasteiger partial charge in [0.25, 0.3) is 0 Å². The molecule has 0 aliphatic carbocycles. The first-order valence-corrected chi connectivity index (χ1v) is 5.43. The molecule has 1 aromatic heterocycles. The number of nitrogens with zero attached hydrogens (tertiary/aromatic N) is 2. The van der Waals surface area contributed by atoms with Crippen LogP contribution in [0.1, 0.15) is 23.2 Å². The van der Waals surface area contributed by atoms with Gasteiger partial charge in [0.15, 0.2) is 0 Å². The molecule has 0 bridgehead atoms. The van der Waals surface area contributed by atoms with Gasteiger partial charge in [0.2, 0.25) is 5.91 Å². The third kappa shape index (κ3) is 2.30. The van der Waals surface area contributed by atoms with Crippen molar-refractivity contribution in [2.75, 3.05) is 18.0 Å². The summed E-state index contributed by atoms with van der Waals surface area (Å²) < 4.78 is 0. The molecule has 5 heteroatoms. The molecule has 1 fully saturated rings. The molecule has 4 N–H and O–H groups in total. The normalized spacial score (nSPS) is 20.8. The Labute approximate surface area is 94.4 Å². The van der Waals surface area contributed by atoms with E-state index in [1.54, 1.807) is 18.3 Å². The Morgan fingerprint density at radius 2 is 2.38 bits per heavy atom. The summed E-state index contributed by atoms with van der Waals surface area (Å²) in [5.74, 6) is 0.358. The molecule has 0 spiro atoms. The fourth-order valence-corrected chi connectivity index (χ4v) is 1.96. The van der Waals surface area contributed by atoms with Gasteiger partial charge in [-0.1, -0.05) is 0 Å². The van der Waals surface area contributed by atoms with Crippen LogP contribution in [0.5, 0.6) is 0 Å². The summed E-state index contributed by atoms with van der Waals surface area (Å²) >= 11 is 0. The zero-order valence-corrected chi connectivity index (χ0v) is 9.10. The lowest BCUT2D eigenvalue weighted by molar-refractivity contribution is 0.1000. The average molecular weight is 220 g/mol. The molecule has 1 atom stereocenters. The fourth-order valence-electron chi connectivity index (χ4n) is 1.96. The first-order valence-electron chi connectivity index (χ1n) is 5.43. The quantitative estimate of drug-likeness (QED) is 0.740. The highest BCUT2D eigenvalue weighted by molar-refractivity contribution is 5.93. The number of primary amides is 1. The number of pyridine rings is 1. The second kappa shape index (κ2) is 4.49. The van der Waals surface area contributed by atoms with Gasteiger partial charge < -0.3 is 16.4 Å². The number of hydrogen-bond donors (Lipinski definition) is 2. The summed E-state index contributed by atoms with van der Waals surface area (Å²) in [6, 6.07) is 3.53. The minimum atomic E-state index is -0.426. The van der Waals surface area contributed by atoms with E-state index in [4.69, 9.17) is 11.5 Å². The monoisotopic (exact) mass is 220 g/mol. The Morgan fingerprint density at radius 3 is 3.06 bits per heavy atom. The molecule has 1 aliphatic heterocycles. The molecular weight excluding hydrogens is 204 g/mol. The van der Waals surface area contributed by atoms with Crippen molar-refractivity contribution >= 4 is 11.7 Å². The van der Waals surface area contributed by atoms with E-state index in [0.717, 1.165) is 31.7 Å². The van der Waals surface area contributed by atoms with Crippen molar-refractivity contribution in [2.45, 2.75) is 18.9 Å². The zero-order chi connectivity index (χ0) is 11.5. The summed E-state index contributed by atoms with van der Waals surface area (Å²) in [6.45, 7) is 1.72. The third-order valence-corrected chi connectivity index (χ3v) is 2.81. The summed E-state index contributed by atoms with van der Waals surface area (Å²) in [6.07, 6.45) is 3.71. The molecule has 1 saturated heterocycles. The topological polar surface area (TPSA) is 85.2 Å². The number of carbonyl (C=O) groups excluding carboxylic acids is 1. The maximum Gasteiger partial charge on any atom is 0.248 e. The molecule has 1 aromatic rings. The fraction of sp³-hybridized carbons (Fsp3) is 0.455. The third-order valence-electron chi connectivity index (χ3n) is 2.81. The van der Waals surface area contributed by atoms with Gasteiger partial charge in [0.1, 0.15) is 5.82 Å². The maximum absolute atomic E-state index is 11.1. The van der Waals surface area contributed by atoms with Crippen LogP contribution in [-0.4, -0.2) is 30.0 Å². The number of piperidine rings is 1. The largest absolute Gasteiger partial charge is 0.366 e. The summed E-state index contributed by atoms with van der Waals surface area (Å²) in [7, 11) is 0. The van der Waals surface area contributed by atoms with E-state index < -0.39 is 5.91 Å². The highest BCUT2D eigenvalue weighted by Crippen LogP contribution is 2.17. The van der Waals surface area contributed by atoms with E-state index in [9.17, 15) is 4.79 Å². The first-order chi connectivity index (χ1) is 7.66. The van der Waals surface area contributed by atoms with Gasteiger partial charge in [-0.25, -0.2) is 4.98 Å². The highest BCUT2D eigenvalue weighted by atomic mass is 16.1. The molecule has 5 nitrogen and oxygen atoms in total. The van der Waals surface area contributed by atoms with E-state index in [0.29, 0.717) is 5.56 Å². The van der Waals surface area contributed by atoms with Crippen LogP contribution in [0.25, 0.3) is 0 Å². The Morgan fingerprint density at radius 1 is 1.56 bits per heavy atom. The van der Waals surface area contributed by atoms with Crippen molar-refractivity contribution in [3.05, 3.63) is 23.9 Å². The van der Waals surface area contributed by atoms with E-state index in [1.165, 1.54) is 0 Å². The zero-order valence-electron chi connectivity index (χ0n) is 9.10. The molecule has 1 unspecified atom stereocenters. The smallest absolute Gasteiger partial charge is 0.248 e. The van der Waals surface area contributed by atoms with Gasteiger partial charge in [0, 0.05) is 30.9 Å². The summed E-state index contributed by atoms with van der Waals surface area (Å²) in [5, 5.41) is 0. The van der Waals surface area contributed by atoms with Crippen LogP contribution in [0.15, 0.2) is 18.3 Å². The first kappa shape index (κ1) is 10.9. The van der Waals surface area contributed by atoms with Crippen LogP contribution in [0.2, 0.25) is 0 Å². The summed E-state index contributed by atoms with van der Waals surface area (Å²) in [5.41, 5.74) is 11.6. The van der Waals surface area contributed by atoms with Crippen LogP contribution in [0.4, 0.5) is 5.82 Å². The molecule has 0 radical (unpaired) electrons. The van der Waals surface area contributed by atoms with Crippen molar-refractivity contribution in [1.29, 1.82) is 0 Å². The van der Waals surface area contributed by atoms with Crippen molar-refractivity contribution in [3.63, 3.8) is 0 Å². The number of amides is 1. The lowest BCUT2D eigenvalue weighted by atomic mass is 10.1. The average Bonchev–Trinajstić information content (AvgIpc) is 2.29. The molecule has 2 rings (SSSR count). The molecule has 86 valence electrons. The number of nitrogens with two attached hydrogens (primary N) is 2. The molecule has 2 heterocycles. The highest BCUT2D eigenvalue weighted by Gasteiger charge is 2.18. The van der Waals surface area contributed by atoms with Crippen LogP contribution < -0.4 is 16.4 Å². The van der Waals surface area contributed by atoms with Crippen molar-refractivity contribution < 1.29 is 4.79 Å². The van der Waals surface area contributed by atoms with Crippen LogP contribution in [0, 0.1) is 0 Å². The molecular formula is C11H16N4O. The lowest BCUT2D eigenvalue weighted by Crippen LogP contribution is -2.43. The number of hydrogen-bond acceptors (Lipinski definition) is 4. The molecule has 1 aliphatic rings. The molecule has 0 aromatic carbocycles. The second-order valence-corrected chi connectivity index (χ2v) is 4.12. The Hall–Kier alpha value is -1.62. The molecule has 0 saturated carbocycles. The van der Waals surface area contributed by atoms with Gasteiger partial charge in [-0.15, -0.1) is 0 Å². The predicted molar refractivity (Wildman–Crippen MR) is 62.2 cm³/mol. The van der Waals surface area contributed by atoms with E-state index >= 15 is 0 Å². The van der Waals surface area contributed by atoms with Crippen LogP contribution >= 0.6 is 0 Å². The molecule has 1 amide bonds. The molecule has 16 heavy (non-hydrogen) atoms. The predicted octanol–water partition coefficient (Wildman–Crippen LogP) is 0.108. The minimum Gasteiger partial charge on any atom is -0.366 e. The van der Waals surface area contributed by atoms with Gasteiger partial charge in [0.05, 0.1) is 0 Å². The van der Waals surface area contributed by atoms with E-state index in [1.807, 2.05) is 0 Å². The Kier molecular flexibility index (Phi) is 3.05. The van der Waals surface area contributed by atoms with Gasteiger partial charge in [-0.3, -0.25) is 4.79 Å². The van der Waals surface area contributed by atoms with Crippen molar-refractivity contribution in [1.82, 2.24) is 4.98 Å². The second-order valence-electron chi connectivity index (χ2n) is 4.12. The lowest BCUT2D eigenvalue weighted by Gasteiger charge is -2.31. The Bertz CT molecular complexity index is 393. The summed E-state index contributed by atoms with van der Waals surface area (Å²) in [4.78, 5) is 17.4. The standard InChI is InChI=1S/C11H16N4O/c12-9-2-1-5-15(7-9)10-6-8(11(13)16)3-4-14-10/h3-4,6,9H,1-2,5,7,12H2,(H2,13,16). The van der Waals surface area contributed by atoms with Crippen molar-refractivity contribution in [3.8, 4) is 0 Å². The number of aromatic nitrogens is 1. The van der Waals surface area contributed by atoms with Gasteiger partial charge in [-0.05, 0) is 25.0 Å². The van der Waals surface area contributed by atoms with E-state index in [-0.39, 0.29) is 6.04 Å². The maximum atomic E-state index is 11.1. The Balaban J connectivity index is 2.19. The van der Waals surface area contributed by atoms with E-state index in [2.05, 4.69) is 9.88 Å². The number of carbonyl (C=O) groups is 1. The van der Waals surface area contributed by atoms with Crippen LogP contribution in [0.3, 0.4) is 0 Å². The van der Waals surface area contributed by atoms with Gasteiger partial charge >= 0.3 is 0 Å². The van der Waals surface area contributed by atoms with Crippen LogP contribution in [-0.2, 0) is 0 Å². The van der Waals surface area contributed by atoms with Gasteiger partial charge in [-0.2, -0.15) is 0 Å². The number of anilines is 1.